The third-order valence-corrected chi connectivity index (χ3v) is 2.82. The van der Waals surface area contributed by atoms with Crippen LogP contribution in [0, 0.1) is 0 Å². The zero-order valence-corrected chi connectivity index (χ0v) is 11.0. The second-order valence-electron chi connectivity index (χ2n) is 4.69. The second kappa shape index (κ2) is 6.31. The van der Waals surface area contributed by atoms with Gasteiger partial charge in [-0.1, -0.05) is 19.9 Å². The van der Waals surface area contributed by atoms with Gasteiger partial charge in [0.1, 0.15) is 0 Å². The van der Waals surface area contributed by atoms with E-state index in [4.69, 9.17) is 0 Å². The zero-order valence-electron chi connectivity index (χ0n) is 11.0. The Hall–Kier alpha value is -1.68. The summed E-state index contributed by atoms with van der Waals surface area (Å²) >= 11 is 0. The molecule has 0 unspecified atom stereocenters. The van der Waals surface area contributed by atoms with Crippen LogP contribution in [-0.4, -0.2) is 20.6 Å². The van der Waals surface area contributed by atoms with Crippen LogP contribution in [0.2, 0.25) is 0 Å². The number of imidazole rings is 1. The highest BCUT2D eigenvalue weighted by Crippen LogP contribution is 2.03. The van der Waals surface area contributed by atoms with Crippen LogP contribution in [0.3, 0.4) is 0 Å². The summed E-state index contributed by atoms with van der Waals surface area (Å²) in [5.41, 5.74) is 2.34. The maximum absolute atomic E-state index is 4.33. The van der Waals surface area contributed by atoms with Crippen LogP contribution < -0.4 is 5.32 Å². The molecule has 0 aliphatic heterocycles. The summed E-state index contributed by atoms with van der Waals surface area (Å²) in [5.74, 6) is 0. The highest BCUT2D eigenvalue weighted by atomic mass is 15.1. The van der Waals surface area contributed by atoms with Crippen molar-refractivity contribution in [1.82, 2.24) is 19.9 Å². The minimum atomic E-state index is 0.490. The van der Waals surface area contributed by atoms with Gasteiger partial charge in [-0.25, -0.2) is 4.98 Å². The first-order chi connectivity index (χ1) is 8.75. The van der Waals surface area contributed by atoms with Crippen molar-refractivity contribution < 1.29 is 0 Å². The average Bonchev–Trinajstić information content (AvgIpc) is 2.82. The third kappa shape index (κ3) is 3.67. The number of aromatic nitrogens is 3. The summed E-state index contributed by atoms with van der Waals surface area (Å²) in [7, 11) is 0. The molecule has 4 heteroatoms. The smallest absolute Gasteiger partial charge is 0.0948 e. The summed E-state index contributed by atoms with van der Waals surface area (Å²) in [6.07, 6.45) is 6.59. The van der Waals surface area contributed by atoms with Crippen molar-refractivity contribution in [2.75, 3.05) is 0 Å². The standard InChI is InChI=1S/C14H20N4/c1-12(2)17-10-14-9-15-11-18(14)8-6-13-5-3-4-7-16-13/h3-5,7,9,11-12,17H,6,8,10H2,1-2H3. The molecule has 0 amide bonds. The Morgan fingerprint density at radius 2 is 2.22 bits per heavy atom. The van der Waals surface area contributed by atoms with Gasteiger partial charge >= 0.3 is 0 Å². The van der Waals surface area contributed by atoms with E-state index in [1.165, 1.54) is 5.69 Å². The molecule has 2 aromatic heterocycles. The zero-order chi connectivity index (χ0) is 12.8. The highest BCUT2D eigenvalue weighted by molar-refractivity contribution is 5.04. The van der Waals surface area contributed by atoms with Crippen LogP contribution >= 0.6 is 0 Å². The van der Waals surface area contributed by atoms with Gasteiger partial charge in [-0.3, -0.25) is 4.98 Å². The van der Waals surface area contributed by atoms with Gasteiger partial charge in [-0.2, -0.15) is 0 Å². The molecule has 0 aliphatic rings. The van der Waals surface area contributed by atoms with Gasteiger partial charge in [0.05, 0.1) is 12.0 Å². The molecule has 2 aromatic rings. The van der Waals surface area contributed by atoms with Crippen LogP contribution in [0.5, 0.6) is 0 Å². The summed E-state index contributed by atoms with van der Waals surface area (Å²) in [5, 5.41) is 3.41. The number of aryl methyl sites for hydroxylation is 2. The Labute approximate surface area is 108 Å². The molecule has 0 saturated carbocycles. The number of hydrogen-bond donors (Lipinski definition) is 1. The normalized spacial score (nSPS) is 11.1. The van der Waals surface area contributed by atoms with E-state index in [2.05, 4.69) is 39.8 Å². The van der Waals surface area contributed by atoms with E-state index in [9.17, 15) is 0 Å². The van der Waals surface area contributed by atoms with Crippen LogP contribution in [0.1, 0.15) is 25.2 Å². The summed E-state index contributed by atoms with van der Waals surface area (Å²) < 4.78 is 2.18. The predicted octanol–water partition coefficient (Wildman–Crippen LogP) is 2.02. The topological polar surface area (TPSA) is 42.7 Å². The molecule has 0 saturated heterocycles. The first kappa shape index (κ1) is 12.8. The van der Waals surface area contributed by atoms with Crippen molar-refractivity contribution in [1.29, 1.82) is 0 Å². The van der Waals surface area contributed by atoms with Gasteiger partial charge in [0.2, 0.25) is 0 Å². The minimum Gasteiger partial charge on any atom is -0.333 e. The molecule has 0 aromatic carbocycles. The lowest BCUT2D eigenvalue weighted by molar-refractivity contribution is 0.553. The van der Waals surface area contributed by atoms with Crippen molar-refractivity contribution in [2.45, 2.75) is 39.4 Å². The molecule has 1 N–H and O–H groups in total. The summed E-state index contributed by atoms with van der Waals surface area (Å²) in [4.78, 5) is 8.55. The van der Waals surface area contributed by atoms with E-state index in [-0.39, 0.29) is 0 Å². The Bertz CT molecular complexity index is 462. The lowest BCUT2D eigenvalue weighted by Crippen LogP contribution is -2.23. The molecule has 96 valence electrons. The van der Waals surface area contributed by atoms with Gasteiger partial charge in [-0.05, 0) is 12.1 Å². The first-order valence-electron chi connectivity index (χ1n) is 6.38. The Morgan fingerprint density at radius 1 is 1.33 bits per heavy atom. The van der Waals surface area contributed by atoms with Gasteiger partial charge in [0.25, 0.3) is 0 Å². The van der Waals surface area contributed by atoms with E-state index in [1.807, 2.05) is 30.9 Å². The monoisotopic (exact) mass is 244 g/mol. The largest absolute Gasteiger partial charge is 0.333 e. The molecule has 0 fully saturated rings. The average molecular weight is 244 g/mol. The molecule has 0 spiro atoms. The van der Waals surface area contributed by atoms with Gasteiger partial charge in [-0.15, -0.1) is 0 Å². The second-order valence-corrected chi connectivity index (χ2v) is 4.69. The number of rotatable bonds is 6. The number of hydrogen-bond acceptors (Lipinski definition) is 3. The van der Waals surface area contributed by atoms with Crippen molar-refractivity contribution >= 4 is 0 Å². The van der Waals surface area contributed by atoms with Crippen LogP contribution in [0.15, 0.2) is 36.9 Å². The molecule has 0 atom stereocenters. The molecule has 2 heterocycles. The molecular formula is C14H20N4. The molecule has 4 nitrogen and oxygen atoms in total. The van der Waals surface area contributed by atoms with Crippen LogP contribution in [0.25, 0.3) is 0 Å². The van der Waals surface area contributed by atoms with Crippen LogP contribution in [0.4, 0.5) is 0 Å². The Balaban J connectivity index is 1.91. The molecule has 0 radical (unpaired) electrons. The Morgan fingerprint density at radius 3 is 2.94 bits per heavy atom. The third-order valence-electron chi connectivity index (χ3n) is 2.82. The summed E-state index contributed by atoms with van der Waals surface area (Å²) in [6, 6.07) is 6.52. The Kier molecular flexibility index (Phi) is 4.47. The van der Waals surface area contributed by atoms with Gasteiger partial charge < -0.3 is 9.88 Å². The number of nitrogens with one attached hydrogen (secondary N) is 1. The maximum Gasteiger partial charge on any atom is 0.0948 e. The lowest BCUT2D eigenvalue weighted by Gasteiger charge is -2.11. The lowest BCUT2D eigenvalue weighted by atomic mass is 10.2. The first-order valence-corrected chi connectivity index (χ1v) is 6.38. The van der Waals surface area contributed by atoms with Crippen molar-refractivity contribution in [2.24, 2.45) is 0 Å². The van der Waals surface area contributed by atoms with Crippen LogP contribution in [-0.2, 0) is 19.5 Å². The van der Waals surface area contributed by atoms with E-state index in [1.54, 1.807) is 0 Å². The summed E-state index contributed by atoms with van der Waals surface area (Å²) in [6.45, 7) is 6.08. The van der Waals surface area contributed by atoms with E-state index < -0.39 is 0 Å². The fourth-order valence-corrected chi connectivity index (χ4v) is 1.79. The van der Waals surface area contributed by atoms with Crippen molar-refractivity contribution in [3.8, 4) is 0 Å². The number of pyridine rings is 1. The van der Waals surface area contributed by atoms with E-state index in [0.29, 0.717) is 6.04 Å². The quantitative estimate of drug-likeness (QED) is 0.845. The number of nitrogens with zero attached hydrogens (tertiary/aromatic N) is 3. The fourth-order valence-electron chi connectivity index (χ4n) is 1.79. The molecule has 18 heavy (non-hydrogen) atoms. The fraction of sp³-hybridized carbons (Fsp3) is 0.429. The van der Waals surface area contributed by atoms with E-state index >= 15 is 0 Å². The molecule has 2 rings (SSSR count). The SMILES string of the molecule is CC(C)NCc1cncn1CCc1ccccn1. The van der Waals surface area contributed by atoms with Gasteiger partial charge in [0.15, 0.2) is 0 Å². The van der Waals surface area contributed by atoms with Crippen molar-refractivity contribution in [3.05, 3.63) is 48.3 Å². The molecule has 0 aliphatic carbocycles. The maximum atomic E-state index is 4.33. The minimum absolute atomic E-state index is 0.490. The van der Waals surface area contributed by atoms with Gasteiger partial charge in [0, 0.05) is 43.6 Å². The van der Waals surface area contributed by atoms with E-state index in [0.717, 1.165) is 25.2 Å². The highest BCUT2D eigenvalue weighted by Gasteiger charge is 2.03. The molecular weight excluding hydrogens is 224 g/mol. The molecule has 0 bridgehead atoms. The predicted molar refractivity (Wildman–Crippen MR) is 72.1 cm³/mol. The van der Waals surface area contributed by atoms with Crippen molar-refractivity contribution in [3.63, 3.8) is 0 Å².